The molecule has 0 bridgehead atoms. The molecule has 1 unspecified atom stereocenters. The number of nitrogens with two attached hydrogens (primary N) is 1. The lowest BCUT2D eigenvalue weighted by Gasteiger charge is -2.21. The van der Waals surface area contributed by atoms with Crippen LogP contribution in [-0.2, 0) is 0 Å². The molecule has 1 aromatic heterocycles. The number of nitrogens with zero attached hydrogens (tertiary/aromatic N) is 2. The van der Waals surface area contributed by atoms with Crippen molar-refractivity contribution in [2.45, 2.75) is 32.9 Å². The molecule has 0 aliphatic carbocycles. The van der Waals surface area contributed by atoms with E-state index in [0.29, 0.717) is 0 Å². The van der Waals surface area contributed by atoms with Crippen LogP contribution in [0, 0.1) is 6.92 Å². The van der Waals surface area contributed by atoms with E-state index in [9.17, 15) is 0 Å². The Kier molecular flexibility index (Phi) is 4.86. The van der Waals surface area contributed by atoms with Crippen LogP contribution in [0.25, 0.3) is 0 Å². The largest absolute Gasteiger partial charge is 0.271 e. The highest BCUT2D eigenvalue weighted by Gasteiger charge is 2.22. The van der Waals surface area contributed by atoms with Crippen molar-refractivity contribution in [1.82, 2.24) is 15.2 Å². The van der Waals surface area contributed by atoms with E-state index in [0.717, 1.165) is 26.3 Å². The Morgan fingerprint density at radius 2 is 2.10 bits per heavy atom. The Morgan fingerprint density at radius 3 is 2.65 bits per heavy atom. The van der Waals surface area contributed by atoms with Crippen LogP contribution in [0.1, 0.15) is 42.8 Å². The smallest absolute Gasteiger partial charge is 0.0890 e. The zero-order valence-electron chi connectivity index (χ0n) is 11.7. The molecule has 0 radical (unpaired) electrons. The van der Waals surface area contributed by atoms with E-state index in [4.69, 9.17) is 17.4 Å². The third-order valence-electron chi connectivity index (χ3n) is 3.23. The van der Waals surface area contributed by atoms with E-state index in [1.807, 2.05) is 29.8 Å². The molecule has 20 heavy (non-hydrogen) atoms. The number of aryl methyl sites for hydroxylation is 1. The maximum atomic E-state index is 6.09. The lowest BCUT2D eigenvalue weighted by molar-refractivity contribution is 0.475. The summed E-state index contributed by atoms with van der Waals surface area (Å²) in [7, 11) is 0. The Hall–Kier alpha value is -0.880. The van der Waals surface area contributed by atoms with Crippen LogP contribution >= 0.6 is 27.5 Å². The van der Waals surface area contributed by atoms with Gasteiger partial charge >= 0.3 is 0 Å². The monoisotopic (exact) mass is 356 g/mol. The number of hydrogen-bond donors (Lipinski definition) is 2. The lowest BCUT2D eigenvalue weighted by Crippen LogP contribution is -2.31. The van der Waals surface area contributed by atoms with Gasteiger partial charge in [0, 0.05) is 11.1 Å². The first-order chi connectivity index (χ1) is 9.45. The SMILES string of the molecule is Cc1cc(C(NN)c2c(Br)cnn2C(C)C)ccc1Cl. The van der Waals surface area contributed by atoms with Gasteiger partial charge in [0.2, 0.25) is 0 Å². The fourth-order valence-corrected chi connectivity index (χ4v) is 2.83. The highest BCUT2D eigenvalue weighted by Crippen LogP contribution is 2.31. The first-order valence-electron chi connectivity index (χ1n) is 6.40. The van der Waals surface area contributed by atoms with Crippen molar-refractivity contribution in [1.29, 1.82) is 0 Å². The average molecular weight is 358 g/mol. The van der Waals surface area contributed by atoms with Crippen LogP contribution in [0.2, 0.25) is 5.02 Å². The zero-order chi connectivity index (χ0) is 14.9. The van der Waals surface area contributed by atoms with Gasteiger partial charge in [-0.25, -0.2) is 5.43 Å². The second-order valence-electron chi connectivity index (χ2n) is 5.02. The number of benzene rings is 1. The van der Waals surface area contributed by atoms with Gasteiger partial charge in [-0.05, 0) is 53.9 Å². The molecule has 2 aromatic rings. The summed E-state index contributed by atoms with van der Waals surface area (Å²) in [5, 5.41) is 5.15. The van der Waals surface area contributed by atoms with Crippen molar-refractivity contribution < 1.29 is 0 Å². The second-order valence-corrected chi connectivity index (χ2v) is 6.29. The van der Waals surface area contributed by atoms with Crippen LogP contribution in [0.3, 0.4) is 0 Å². The summed E-state index contributed by atoms with van der Waals surface area (Å²) in [4.78, 5) is 0. The molecule has 1 atom stereocenters. The minimum Gasteiger partial charge on any atom is -0.271 e. The van der Waals surface area contributed by atoms with Crippen molar-refractivity contribution >= 4 is 27.5 Å². The van der Waals surface area contributed by atoms with E-state index in [1.165, 1.54) is 0 Å². The Bertz CT molecular complexity index is 609. The van der Waals surface area contributed by atoms with Crippen molar-refractivity contribution in [3.63, 3.8) is 0 Å². The minimum atomic E-state index is -0.148. The number of rotatable bonds is 4. The first kappa shape index (κ1) is 15.5. The molecule has 0 aliphatic heterocycles. The molecule has 0 spiro atoms. The van der Waals surface area contributed by atoms with Gasteiger partial charge in [0.05, 0.1) is 22.4 Å². The molecular formula is C14H18BrClN4. The molecule has 0 saturated heterocycles. The summed E-state index contributed by atoms with van der Waals surface area (Å²) in [6.45, 7) is 6.15. The summed E-state index contributed by atoms with van der Waals surface area (Å²) in [6.07, 6.45) is 1.79. The van der Waals surface area contributed by atoms with E-state index in [-0.39, 0.29) is 12.1 Å². The van der Waals surface area contributed by atoms with Crippen molar-refractivity contribution in [3.05, 3.63) is 50.7 Å². The fraction of sp³-hybridized carbons (Fsp3) is 0.357. The van der Waals surface area contributed by atoms with Crippen LogP contribution < -0.4 is 11.3 Å². The molecule has 2 rings (SSSR count). The molecule has 4 nitrogen and oxygen atoms in total. The van der Waals surface area contributed by atoms with Gasteiger partial charge in [0.15, 0.2) is 0 Å². The Morgan fingerprint density at radius 1 is 1.40 bits per heavy atom. The van der Waals surface area contributed by atoms with Crippen LogP contribution in [0.5, 0.6) is 0 Å². The highest BCUT2D eigenvalue weighted by molar-refractivity contribution is 9.10. The van der Waals surface area contributed by atoms with E-state index < -0.39 is 0 Å². The van der Waals surface area contributed by atoms with Crippen LogP contribution in [0.4, 0.5) is 0 Å². The summed E-state index contributed by atoms with van der Waals surface area (Å²) in [5.41, 5.74) is 5.95. The molecule has 0 saturated carbocycles. The van der Waals surface area contributed by atoms with Gasteiger partial charge in [-0.15, -0.1) is 0 Å². The summed E-state index contributed by atoms with van der Waals surface area (Å²) < 4.78 is 2.89. The summed E-state index contributed by atoms with van der Waals surface area (Å²) in [5.74, 6) is 5.78. The molecule has 0 aliphatic rings. The van der Waals surface area contributed by atoms with Gasteiger partial charge in [0.25, 0.3) is 0 Å². The maximum absolute atomic E-state index is 6.09. The third kappa shape index (κ3) is 2.91. The van der Waals surface area contributed by atoms with Gasteiger partial charge in [0.1, 0.15) is 0 Å². The van der Waals surface area contributed by atoms with E-state index in [1.54, 1.807) is 6.20 Å². The number of aromatic nitrogens is 2. The van der Waals surface area contributed by atoms with Crippen molar-refractivity contribution in [2.24, 2.45) is 5.84 Å². The minimum absolute atomic E-state index is 0.148. The van der Waals surface area contributed by atoms with Crippen LogP contribution in [0.15, 0.2) is 28.9 Å². The normalized spacial score (nSPS) is 12.9. The fourth-order valence-electron chi connectivity index (χ4n) is 2.21. The van der Waals surface area contributed by atoms with E-state index in [2.05, 4.69) is 40.3 Å². The van der Waals surface area contributed by atoms with Crippen molar-refractivity contribution in [3.8, 4) is 0 Å². The quantitative estimate of drug-likeness (QED) is 0.647. The number of nitrogens with one attached hydrogen (secondary N) is 1. The average Bonchev–Trinajstić information content (AvgIpc) is 2.77. The van der Waals surface area contributed by atoms with Gasteiger partial charge in [-0.2, -0.15) is 5.10 Å². The second kappa shape index (κ2) is 6.26. The van der Waals surface area contributed by atoms with E-state index >= 15 is 0 Å². The molecular weight excluding hydrogens is 340 g/mol. The predicted molar refractivity (Wildman–Crippen MR) is 85.7 cm³/mol. The molecule has 1 heterocycles. The molecule has 0 fully saturated rings. The first-order valence-corrected chi connectivity index (χ1v) is 7.58. The molecule has 0 amide bonds. The number of hydrazine groups is 1. The topological polar surface area (TPSA) is 55.9 Å². The maximum Gasteiger partial charge on any atom is 0.0890 e. The predicted octanol–water partition coefficient (Wildman–Crippen LogP) is 3.74. The lowest BCUT2D eigenvalue weighted by atomic mass is 10.0. The number of hydrogen-bond acceptors (Lipinski definition) is 3. The molecule has 3 N–H and O–H groups in total. The third-order valence-corrected chi connectivity index (χ3v) is 4.27. The van der Waals surface area contributed by atoms with Gasteiger partial charge in [-0.3, -0.25) is 10.5 Å². The Balaban J connectivity index is 2.52. The van der Waals surface area contributed by atoms with Crippen LogP contribution in [-0.4, -0.2) is 9.78 Å². The summed E-state index contributed by atoms with van der Waals surface area (Å²) >= 11 is 9.64. The van der Waals surface area contributed by atoms with Gasteiger partial charge < -0.3 is 0 Å². The zero-order valence-corrected chi connectivity index (χ0v) is 14.0. The number of halogens is 2. The Labute approximate surface area is 132 Å². The molecule has 1 aromatic carbocycles. The molecule has 108 valence electrons. The summed E-state index contributed by atoms with van der Waals surface area (Å²) in [6, 6.07) is 6.01. The standard InChI is InChI=1S/C14H18BrClN4/c1-8(2)20-14(11(15)7-18-20)13(19-17)10-4-5-12(16)9(3)6-10/h4-8,13,19H,17H2,1-3H3. The molecule has 6 heteroatoms. The van der Waals surface area contributed by atoms with Gasteiger partial charge in [-0.1, -0.05) is 23.7 Å². The van der Waals surface area contributed by atoms with Crippen molar-refractivity contribution in [2.75, 3.05) is 0 Å². The highest BCUT2D eigenvalue weighted by atomic mass is 79.9.